The molecule has 0 saturated heterocycles. The standard InChI is InChI=1S/C9H11N3O3/c1-2-15-9(14)6-3-7-8(13)10-5-11-12(7)4-6/h3,5,7H,2,4H2,1H3,(H,10,11,13)/t7-/m1/s1. The highest BCUT2D eigenvalue weighted by Gasteiger charge is 2.34. The van der Waals surface area contributed by atoms with Crippen LogP contribution in [0.1, 0.15) is 6.92 Å². The second kappa shape index (κ2) is 3.72. The van der Waals surface area contributed by atoms with Crippen LogP contribution in [0.5, 0.6) is 0 Å². The first kappa shape index (κ1) is 9.70. The van der Waals surface area contributed by atoms with Crippen molar-refractivity contribution in [3.8, 4) is 0 Å². The van der Waals surface area contributed by atoms with Gasteiger partial charge in [0.1, 0.15) is 12.4 Å². The number of amides is 1. The molecule has 6 heteroatoms. The molecule has 0 aromatic heterocycles. The molecule has 0 aromatic rings. The van der Waals surface area contributed by atoms with Crippen LogP contribution in [-0.2, 0) is 14.3 Å². The first-order valence-electron chi connectivity index (χ1n) is 4.69. The van der Waals surface area contributed by atoms with Crippen LogP contribution in [-0.4, -0.2) is 42.4 Å². The number of hydrogen-bond donors (Lipinski definition) is 1. The van der Waals surface area contributed by atoms with Crippen LogP contribution >= 0.6 is 0 Å². The highest BCUT2D eigenvalue weighted by molar-refractivity contribution is 5.98. The van der Waals surface area contributed by atoms with E-state index in [1.807, 2.05) is 0 Å². The van der Waals surface area contributed by atoms with Gasteiger partial charge in [0.2, 0.25) is 0 Å². The number of carbonyl (C=O) groups is 2. The normalized spacial score (nSPS) is 23.3. The van der Waals surface area contributed by atoms with E-state index in [2.05, 4.69) is 10.4 Å². The summed E-state index contributed by atoms with van der Waals surface area (Å²) in [5, 5.41) is 7.97. The minimum absolute atomic E-state index is 0.177. The van der Waals surface area contributed by atoms with Gasteiger partial charge in [-0.05, 0) is 13.0 Å². The van der Waals surface area contributed by atoms with Crippen molar-refractivity contribution in [3.63, 3.8) is 0 Å². The number of nitrogens with one attached hydrogen (secondary N) is 1. The van der Waals surface area contributed by atoms with Gasteiger partial charge < -0.3 is 10.1 Å². The summed E-state index contributed by atoms with van der Waals surface area (Å²) < 4.78 is 4.85. The molecule has 2 aliphatic rings. The Hall–Kier alpha value is -1.85. The van der Waals surface area contributed by atoms with Crippen molar-refractivity contribution >= 4 is 18.2 Å². The molecule has 15 heavy (non-hydrogen) atoms. The van der Waals surface area contributed by atoms with Crippen LogP contribution in [0.2, 0.25) is 0 Å². The number of nitrogens with zero attached hydrogens (tertiary/aromatic N) is 2. The average molecular weight is 209 g/mol. The first-order valence-corrected chi connectivity index (χ1v) is 4.69. The molecule has 2 heterocycles. The molecule has 0 saturated carbocycles. The number of esters is 1. The lowest BCUT2D eigenvalue weighted by Gasteiger charge is -2.22. The van der Waals surface area contributed by atoms with E-state index < -0.39 is 6.04 Å². The lowest BCUT2D eigenvalue weighted by molar-refractivity contribution is -0.138. The predicted molar refractivity (Wildman–Crippen MR) is 51.8 cm³/mol. The summed E-state index contributed by atoms with van der Waals surface area (Å²) in [5.74, 6) is -0.556. The Labute approximate surface area is 86.6 Å². The summed E-state index contributed by atoms with van der Waals surface area (Å²) >= 11 is 0. The molecule has 80 valence electrons. The Balaban J connectivity index is 2.13. The summed E-state index contributed by atoms with van der Waals surface area (Å²) in [6.45, 7) is 2.40. The van der Waals surface area contributed by atoms with Gasteiger partial charge in [0, 0.05) is 0 Å². The number of hydrogen-bond acceptors (Lipinski definition) is 5. The van der Waals surface area contributed by atoms with Crippen molar-refractivity contribution in [2.75, 3.05) is 13.2 Å². The Morgan fingerprint density at radius 3 is 3.27 bits per heavy atom. The molecule has 0 radical (unpaired) electrons. The highest BCUT2D eigenvalue weighted by atomic mass is 16.5. The quantitative estimate of drug-likeness (QED) is 0.606. The largest absolute Gasteiger partial charge is 0.463 e. The minimum atomic E-state index is -0.477. The van der Waals surface area contributed by atoms with E-state index in [9.17, 15) is 9.59 Å². The zero-order valence-corrected chi connectivity index (χ0v) is 8.27. The summed E-state index contributed by atoms with van der Waals surface area (Å²) in [4.78, 5) is 22.8. The Kier molecular flexibility index (Phi) is 2.40. The van der Waals surface area contributed by atoms with Crippen LogP contribution in [0.4, 0.5) is 0 Å². The van der Waals surface area contributed by atoms with Crippen molar-refractivity contribution < 1.29 is 14.3 Å². The van der Waals surface area contributed by atoms with Crippen LogP contribution in [0, 0.1) is 0 Å². The van der Waals surface area contributed by atoms with Crippen LogP contribution in [0.25, 0.3) is 0 Å². The maximum Gasteiger partial charge on any atom is 0.335 e. The second-order valence-electron chi connectivity index (χ2n) is 3.21. The monoisotopic (exact) mass is 209 g/mol. The lowest BCUT2D eigenvalue weighted by atomic mass is 10.2. The van der Waals surface area contributed by atoms with Gasteiger partial charge in [-0.15, -0.1) is 0 Å². The first-order chi connectivity index (χ1) is 7.22. The summed E-state index contributed by atoms with van der Waals surface area (Å²) in [6.07, 6.45) is 2.91. The maximum atomic E-state index is 11.4. The van der Waals surface area contributed by atoms with E-state index in [1.165, 1.54) is 6.34 Å². The van der Waals surface area contributed by atoms with Crippen molar-refractivity contribution in [2.24, 2.45) is 5.10 Å². The third-order valence-corrected chi connectivity index (χ3v) is 2.23. The molecule has 1 atom stereocenters. The van der Waals surface area contributed by atoms with E-state index in [4.69, 9.17) is 4.74 Å². The molecule has 0 aliphatic carbocycles. The fraction of sp³-hybridized carbons (Fsp3) is 0.444. The number of hydrazone groups is 1. The van der Waals surface area contributed by atoms with Gasteiger partial charge >= 0.3 is 5.97 Å². The van der Waals surface area contributed by atoms with Crippen molar-refractivity contribution in [1.82, 2.24) is 10.3 Å². The molecule has 0 unspecified atom stereocenters. The SMILES string of the molecule is CCOC(=O)C1=C[C@@H]2C(=O)NC=NN2C1. The molecule has 0 aromatic carbocycles. The lowest BCUT2D eigenvalue weighted by Crippen LogP contribution is -2.45. The third-order valence-electron chi connectivity index (χ3n) is 2.23. The fourth-order valence-corrected chi connectivity index (χ4v) is 1.53. The number of fused-ring (bicyclic) bond motifs is 1. The Morgan fingerprint density at radius 1 is 1.80 bits per heavy atom. The van der Waals surface area contributed by atoms with Crippen LogP contribution < -0.4 is 5.32 Å². The maximum absolute atomic E-state index is 11.4. The molecular weight excluding hydrogens is 198 g/mol. The van der Waals surface area contributed by atoms with Crippen molar-refractivity contribution in [1.29, 1.82) is 0 Å². The summed E-state index contributed by atoms with van der Waals surface area (Å²) in [5.41, 5.74) is 0.482. The van der Waals surface area contributed by atoms with Gasteiger partial charge in [0.05, 0.1) is 18.7 Å². The van der Waals surface area contributed by atoms with E-state index in [-0.39, 0.29) is 11.9 Å². The van der Waals surface area contributed by atoms with Gasteiger partial charge in [-0.3, -0.25) is 9.80 Å². The number of carbonyl (C=O) groups excluding carboxylic acids is 2. The zero-order chi connectivity index (χ0) is 10.8. The minimum Gasteiger partial charge on any atom is -0.463 e. The molecule has 0 fully saturated rings. The molecule has 0 bridgehead atoms. The molecule has 2 rings (SSSR count). The number of ether oxygens (including phenoxy) is 1. The van der Waals surface area contributed by atoms with Crippen molar-refractivity contribution in [3.05, 3.63) is 11.6 Å². The van der Waals surface area contributed by atoms with E-state index in [0.717, 1.165) is 0 Å². The van der Waals surface area contributed by atoms with Crippen LogP contribution in [0.3, 0.4) is 0 Å². The molecule has 6 nitrogen and oxygen atoms in total. The fourth-order valence-electron chi connectivity index (χ4n) is 1.53. The summed E-state index contributed by atoms with van der Waals surface area (Å²) in [6, 6.07) is -0.477. The third kappa shape index (κ3) is 1.70. The van der Waals surface area contributed by atoms with Gasteiger partial charge in [0.15, 0.2) is 0 Å². The molecular formula is C9H11N3O3. The van der Waals surface area contributed by atoms with Gasteiger partial charge in [-0.25, -0.2) is 4.79 Å². The van der Waals surface area contributed by atoms with E-state index in [1.54, 1.807) is 18.0 Å². The van der Waals surface area contributed by atoms with Gasteiger partial charge in [0.25, 0.3) is 5.91 Å². The molecule has 2 aliphatic heterocycles. The summed E-state index contributed by atoms with van der Waals surface area (Å²) in [7, 11) is 0. The molecule has 0 spiro atoms. The van der Waals surface area contributed by atoms with Crippen molar-refractivity contribution in [2.45, 2.75) is 13.0 Å². The zero-order valence-electron chi connectivity index (χ0n) is 8.27. The van der Waals surface area contributed by atoms with E-state index >= 15 is 0 Å². The predicted octanol–water partition coefficient (Wildman–Crippen LogP) is -0.767. The van der Waals surface area contributed by atoms with E-state index in [0.29, 0.717) is 18.7 Å². The molecule has 1 amide bonds. The average Bonchev–Trinajstić information content (AvgIpc) is 2.63. The Bertz CT molecular complexity index is 362. The van der Waals surface area contributed by atoms with Gasteiger partial charge in [-0.1, -0.05) is 0 Å². The highest BCUT2D eigenvalue weighted by Crippen LogP contribution is 2.19. The smallest absolute Gasteiger partial charge is 0.335 e. The number of rotatable bonds is 2. The topological polar surface area (TPSA) is 71.0 Å². The Morgan fingerprint density at radius 2 is 2.60 bits per heavy atom. The molecule has 1 N–H and O–H groups in total. The second-order valence-corrected chi connectivity index (χ2v) is 3.21. The van der Waals surface area contributed by atoms with Crippen LogP contribution in [0.15, 0.2) is 16.8 Å². The van der Waals surface area contributed by atoms with Gasteiger partial charge in [-0.2, -0.15) is 5.10 Å².